The highest BCUT2D eigenvalue weighted by Crippen LogP contribution is 2.44. The largest absolute Gasteiger partial charge is 0.0993 e. The van der Waals surface area contributed by atoms with E-state index in [0.717, 1.165) is 0 Å². The molecule has 90 valence electrons. The van der Waals surface area contributed by atoms with Gasteiger partial charge in [-0.15, -0.1) is 0 Å². The van der Waals surface area contributed by atoms with Crippen LogP contribution in [0, 0.1) is 10.8 Å². The van der Waals surface area contributed by atoms with E-state index in [0.29, 0.717) is 10.8 Å². The van der Waals surface area contributed by atoms with Crippen LogP contribution in [0.25, 0.3) is 0 Å². The van der Waals surface area contributed by atoms with Gasteiger partial charge in [0.15, 0.2) is 0 Å². The second-order valence-electron chi connectivity index (χ2n) is 5.96. The van der Waals surface area contributed by atoms with E-state index in [2.05, 4.69) is 48.1 Å². The molecule has 0 nitrogen and oxygen atoms in total. The molecular weight excluding hydrogens is 180 g/mol. The molecule has 1 unspecified atom stereocenters. The van der Waals surface area contributed by atoms with Crippen molar-refractivity contribution in [1.29, 1.82) is 0 Å². The van der Waals surface area contributed by atoms with E-state index in [-0.39, 0.29) is 0 Å². The topological polar surface area (TPSA) is 0 Å². The van der Waals surface area contributed by atoms with E-state index < -0.39 is 0 Å². The molecule has 0 saturated carbocycles. The Balaban J connectivity index is 4.63. The van der Waals surface area contributed by atoms with E-state index >= 15 is 0 Å². The van der Waals surface area contributed by atoms with Crippen LogP contribution in [-0.4, -0.2) is 0 Å². The third kappa shape index (κ3) is 4.40. The molecule has 0 aliphatic heterocycles. The van der Waals surface area contributed by atoms with Crippen LogP contribution >= 0.6 is 0 Å². The Kier molecular flexibility index (Phi) is 5.62. The van der Waals surface area contributed by atoms with Gasteiger partial charge in [0.1, 0.15) is 0 Å². The highest BCUT2D eigenvalue weighted by Gasteiger charge is 2.31. The smallest absolute Gasteiger partial charge is 0.0117 e. The minimum Gasteiger partial charge on any atom is -0.0993 e. The Bertz CT molecular complexity index is 200. The van der Waals surface area contributed by atoms with E-state index in [9.17, 15) is 0 Å². The summed E-state index contributed by atoms with van der Waals surface area (Å²) in [7, 11) is 0. The van der Waals surface area contributed by atoms with Crippen molar-refractivity contribution in [3.8, 4) is 0 Å². The van der Waals surface area contributed by atoms with Gasteiger partial charge in [0.25, 0.3) is 0 Å². The quantitative estimate of drug-likeness (QED) is 0.481. The Morgan fingerprint density at radius 3 is 1.87 bits per heavy atom. The molecule has 0 radical (unpaired) electrons. The summed E-state index contributed by atoms with van der Waals surface area (Å²) >= 11 is 0. The van der Waals surface area contributed by atoms with Gasteiger partial charge >= 0.3 is 0 Å². The second kappa shape index (κ2) is 5.72. The summed E-state index contributed by atoms with van der Waals surface area (Å²) in [4.78, 5) is 0. The summed E-state index contributed by atoms with van der Waals surface area (Å²) in [5.41, 5.74) is 2.24. The second-order valence-corrected chi connectivity index (χ2v) is 5.96. The molecule has 1 atom stereocenters. The summed E-state index contributed by atoms with van der Waals surface area (Å²) < 4.78 is 0. The van der Waals surface area contributed by atoms with Crippen LogP contribution in [0.15, 0.2) is 12.2 Å². The molecule has 0 spiro atoms. The van der Waals surface area contributed by atoms with Gasteiger partial charge in [-0.2, -0.15) is 0 Å². The van der Waals surface area contributed by atoms with Crippen LogP contribution in [0.3, 0.4) is 0 Å². The molecule has 0 heteroatoms. The Hall–Kier alpha value is -0.260. The first-order valence-corrected chi connectivity index (χ1v) is 6.49. The van der Waals surface area contributed by atoms with E-state index in [4.69, 9.17) is 0 Å². The maximum absolute atomic E-state index is 4.31. The van der Waals surface area contributed by atoms with Gasteiger partial charge in [0.05, 0.1) is 0 Å². The first-order chi connectivity index (χ1) is 6.81. The maximum atomic E-state index is 4.31. The van der Waals surface area contributed by atoms with Crippen LogP contribution in [0.2, 0.25) is 0 Å². The van der Waals surface area contributed by atoms with Gasteiger partial charge in [-0.25, -0.2) is 0 Å². The highest BCUT2D eigenvalue weighted by molar-refractivity contribution is 5.09. The zero-order valence-electron chi connectivity index (χ0n) is 11.7. The molecule has 0 aromatic rings. The molecule has 0 amide bonds. The van der Waals surface area contributed by atoms with Crippen LogP contribution in [0.5, 0.6) is 0 Å². The average molecular weight is 210 g/mol. The molecule has 0 N–H and O–H groups in total. The molecule has 0 rings (SSSR count). The lowest BCUT2D eigenvalue weighted by Crippen LogP contribution is -2.26. The number of allylic oxidation sites excluding steroid dienone is 1. The zero-order valence-corrected chi connectivity index (χ0v) is 11.7. The standard InChI is InChI=1S/C15H30/c1-8-11-13(4)15(7,10-3)12-14(5,6)9-2/h4,8-12H2,1-3,5-7H3. The van der Waals surface area contributed by atoms with Crippen LogP contribution in [0.4, 0.5) is 0 Å². The third-order valence-electron chi connectivity index (χ3n) is 4.01. The lowest BCUT2D eigenvalue weighted by atomic mass is 9.67. The Morgan fingerprint density at radius 1 is 1.00 bits per heavy atom. The van der Waals surface area contributed by atoms with Gasteiger partial charge < -0.3 is 0 Å². The number of hydrogen-bond acceptors (Lipinski definition) is 0. The minimum atomic E-state index is 0.343. The van der Waals surface area contributed by atoms with Crippen molar-refractivity contribution < 1.29 is 0 Å². The lowest BCUT2D eigenvalue weighted by Gasteiger charge is -2.38. The molecule has 0 aromatic heterocycles. The van der Waals surface area contributed by atoms with Crippen molar-refractivity contribution in [3.63, 3.8) is 0 Å². The first kappa shape index (κ1) is 14.7. The molecule has 0 aromatic carbocycles. The predicted molar refractivity (Wildman–Crippen MR) is 71.1 cm³/mol. The Morgan fingerprint density at radius 2 is 1.53 bits per heavy atom. The molecule has 0 heterocycles. The number of rotatable bonds is 7. The fourth-order valence-corrected chi connectivity index (χ4v) is 2.28. The normalized spacial score (nSPS) is 16.1. The fraction of sp³-hybridized carbons (Fsp3) is 0.867. The molecular formula is C15H30. The predicted octanol–water partition coefficient (Wildman–Crippen LogP) is 5.59. The minimum absolute atomic E-state index is 0.343. The zero-order chi connectivity index (χ0) is 12.1. The molecule has 15 heavy (non-hydrogen) atoms. The van der Waals surface area contributed by atoms with Crippen molar-refractivity contribution in [2.24, 2.45) is 10.8 Å². The molecule has 0 aliphatic carbocycles. The number of hydrogen-bond donors (Lipinski definition) is 0. The van der Waals surface area contributed by atoms with Crippen LogP contribution in [0.1, 0.15) is 73.6 Å². The SMILES string of the molecule is C=C(CCC)C(C)(CC)CC(C)(C)CC. The van der Waals surface area contributed by atoms with E-state index in [1.54, 1.807) is 0 Å². The van der Waals surface area contributed by atoms with Crippen molar-refractivity contribution in [1.82, 2.24) is 0 Å². The van der Waals surface area contributed by atoms with Crippen molar-refractivity contribution in [2.75, 3.05) is 0 Å². The van der Waals surface area contributed by atoms with Crippen molar-refractivity contribution in [2.45, 2.75) is 73.6 Å². The summed E-state index contributed by atoms with van der Waals surface area (Å²) in [5.74, 6) is 0. The van der Waals surface area contributed by atoms with Gasteiger partial charge in [0, 0.05) is 0 Å². The fourth-order valence-electron chi connectivity index (χ4n) is 2.28. The van der Waals surface area contributed by atoms with E-state index in [1.807, 2.05) is 0 Å². The van der Waals surface area contributed by atoms with Crippen LogP contribution < -0.4 is 0 Å². The molecule has 0 aliphatic rings. The van der Waals surface area contributed by atoms with Gasteiger partial charge in [-0.1, -0.05) is 66.5 Å². The summed E-state index contributed by atoms with van der Waals surface area (Å²) in [6.07, 6.45) is 6.15. The van der Waals surface area contributed by atoms with Gasteiger partial charge in [0.2, 0.25) is 0 Å². The van der Waals surface area contributed by atoms with Gasteiger partial charge in [-0.05, 0) is 30.1 Å². The molecule has 0 saturated heterocycles. The first-order valence-electron chi connectivity index (χ1n) is 6.49. The van der Waals surface area contributed by atoms with Gasteiger partial charge in [-0.3, -0.25) is 0 Å². The lowest BCUT2D eigenvalue weighted by molar-refractivity contribution is 0.194. The van der Waals surface area contributed by atoms with Crippen molar-refractivity contribution in [3.05, 3.63) is 12.2 Å². The monoisotopic (exact) mass is 210 g/mol. The molecule has 0 fully saturated rings. The summed E-state index contributed by atoms with van der Waals surface area (Å²) in [6, 6.07) is 0. The molecule has 0 bridgehead atoms. The van der Waals surface area contributed by atoms with Crippen molar-refractivity contribution >= 4 is 0 Å². The summed E-state index contributed by atoms with van der Waals surface area (Å²) in [6.45, 7) is 18.3. The maximum Gasteiger partial charge on any atom is -0.0117 e. The summed E-state index contributed by atoms with van der Waals surface area (Å²) in [5, 5.41) is 0. The van der Waals surface area contributed by atoms with E-state index in [1.165, 1.54) is 37.7 Å². The average Bonchev–Trinajstić information content (AvgIpc) is 2.17. The third-order valence-corrected chi connectivity index (χ3v) is 4.01. The highest BCUT2D eigenvalue weighted by atomic mass is 14.4. The van der Waals surface area contributed by atoms with Crippen LogP contribution in [-0.2, 0) is 0 Å². The Labute approximate surface area is 97.2 Å².